The quantitative estimate of drug-likeness (QED) is 0.688. The summed E-state index contributed by atoms with van der Waals surface area (Å²) in [5, 5.41) is 2.81. The first-order valence-electron chi connectivity index (χ1n) is 8.35. The van der Waals surface area contributed by atoms with Gasteiger partial charge in [0.25, 0.3) is 5.91 Å². The molecule has 1 N–H and O–H groups in total. The van der Waals surface area contributed by atoms with Gasteiger partial charge in [-0.2, -0.15) is 0 Å². The third-order valence-electron chi connectivity index (χ3n) is 3.92. The summed E-state index contributed by atoms with van der Waals surface area (Å²) in [7, 11) is 3.17. The van der Waals surface area contributed by atoms with Gasteiger partial charge in [0.2, 0.25) is 0 Å². The van der Waals surface area contributed by atoms with Gasteiger partial charge in [-0.25, -0.2) is 0 Å². The molecule has 1 aromatic heterocycles. The Kier molecular flexibility index (Phi) is 5.89. The highest BCUT2D eigenvalue weighted by molar-refractivity contribution is 6.04. The molecule has 0 unspecified atom stereocenters. The number of pyridine rings is 1. The number of rotatable bonds is 7. The molecule has 0 aliphatic carbocycles. The maximum absolute atomic E-state index is 12.4. The lowest BCUT2D eigenvalue weighted by atomic mass is 10.1. The van der Waals surface area contributed by atoms with Gasteiger partial charge in [-0.1, -0.05) is 12.1 Å². The lowest BCUT2D eigenvalue weighted by Gasteiger charge is -2.13. The molecule has 1 heterocycles. The highest BCUT2D eigenvalue weighted by atomic mass is 16.5. The summed E-state index contributed by atoms with van der Waals surface area (Å²) in [6, 6.07) is 16.1. The Morgan fingerprint density at radius 3 is 2.33 bits per heavy atom. The summed E-state index contributed by atoms with van der Waals surface area (Å²) < 4.78 is 16.4. The molecule has 3 aromatic rings. The van der Waals surface area contributed by atoms with Gasteiger partial charge in [-0.15, -0.1) is 0 Å². The van der Waals surface area contributed by atoms with Crippen molar-refractivity contribution < 1.29 is 19.0 Å². The Bertz CT molecular complexity index is 896. The van der Waals surface area contributed by atoms with Gasteiger partial charge in [-0.3, -0.25) is 9.78 Å². The zero-order valence-electron chi connectivity index (χ0n) is 15.1. The molecule has 0 saturated heterocycles. The van der Waals surface area contributed by atoms with E-state index in [9.17, 15) is 4.79 Å². The molecular formula is C21H20N2O4. The van der Waals surface area contributed by atoms with E-state index in [1.165, 1.54) is 0 Å². The minimum Gasteiger partial charge on any atom is -0.497 e. The van der Waals surface area contributed by atoms with Crippen molar-refractivity contribution in [1.29, 1.82) is 0 Å². The van der Waals surface area contributed by atoms with Gasteiger partial charge >= 0.3 is 0 Å². The summed E-state index contributed by atoms with van der Waals surface area (Å²) >= 11 is 0. The van der Waals surface area contributed by atoms with E-state index in [0.29, 0.717) is 29.4 Å². The number of nitrogens with one attached hydrogen (secondary N) is 1. The van der Waals surface area contributed by atoms with E-state index in [2.05, 4.69) is 10.3 Å². The molecule has 0 atom stereocenters. The van der Waals surface area contributed by atoms with E-state index in [-0.39, 0.29) is 5.91 Å². The van der Waals surface area contributed by atoms with E-state index in [0.717, 1.165) is 11.3 Å². The van der Waals surface area contributed by atoms with Crippen LogP contribution in [0.2, 0.25) is 0 Å². The molecule has 3 rings (SSSR count). The van der Waals surface area contributed by atoms with Crippen molar-refractivity contribution in [3.63, 3.8) is 0 Å². The fraction of sp³-hybridized carbons (Fsp3) is 0.143. The molecule has 0 aliphatic heterocycles. The van der Waals surface area contributed by atoms with Gasteiger partial charge in [0.1, 0.15) is 12.4 Å². The fourth-order valence-corrected chi connectivity index (χ4v) is 2.45. The number of methoxy groups -OCH3 is 2. The van der Waals surface area contributed by atoms with Crippen molar-refractivity contribution in [2.75, 3.05) is 19.5 Å². The van der Waals surface area contributed by atoms with Crippen LogP contribution in [0.3, 0.4) is 0 Å². The minimum atomic E-state index is -0.235. The summed E-state index contributed by atoms with van der Waals surface area (Å²) in [5.41, 5.74) is 2.15. The predicted octanol–water partition coefficient (Wildman–Crippen LogP) is 3.93. The molecule has 2 aromatic carbocycles. The first kappa shape index (κ1) is 18.3. The number of hydrogen-bond donors (Lipinski definition) is 1. The molecule has 1 amide bonds. The number of nitrogens with zero attached hydrogens (tertiary/aromatic N) is 1. The van der Waals surface area contributed by atoms with Crippen molar-refractivity contribution in [3.8, 4) is 17.2 Å². The number of ether oxygens (including phenoxy) is 3. The largest absolute Gasteiger partial charge is 0.497 e. The first-order valence-corrected chi connectivity index (χ1v) is 8.35. The average Bonchev–Trinajstić information content (AvgIpc) is 2.73. The molecule has 0 bridgehead atoms. The van der Waals surface area contributed by atoms with E-state index in [4.69, 9.17) is 14.2 Å². The van der Waals surface area contributed by atoms with Crippen LogP contribution < -0.4 is 19.5 Å². The summed E-state index contributed by atoms with van der Waals surface area (Å²) in [4.78, 5) is 16.3. The van der Waals surface area contributed by atoms with E-state index < -0.39 is 0 Å². The second kappa shape index (κ2) is 8.71. The van der Waals surface area contributed by atoms with Gasteiger partial charge in [0.15, 0.2) is 11.5 Å². The van der Waals surface area contributed by atoms with Crippen LogP contribution in [0.25, 0.3) is 0 Å². The van der Waals surface area contributed by atoms with Crippen molar-refractivity contribution in [1.82, 2.24) is 4.98 Å². The number of carbonyl (C=O) groups excluding carboxylic acids is 1. The van der Waals surface area contributed by atoms with Crippen LogP contribution in [0.5, 0.6) is 17.2 Å². The molecule has 0 fully saturated rings. The smallest absolute Gasteiger partial charge is 0.255 e. The van der Waals surface area contributed by atoms with E-state index in [1.54, 1.807) is 56.9 Å². The number of carbonyl (C=O) groups is 1. The Labute approximate surface area is 157 Å². The zero-order valence-corrected chi connectivity index (χ0v) is 15.1. The van der Waals surface area contributed by atoms with Crippen molar-refractivity contribution >= 4 is 11.6 Å². The summed E-state index contributed by atoms with van der Waals surface area (Å²) in [6.45, 7) is 0.378. The van der Waals surface area contributed by atoms with Gasteiger partial charge in [-0.05, 0) is 48.0 Å². The van der Waals surface area contributed by atoms with Crippen LogP contribution in [0.1, 0.15) is 15.9 Å². The highest BCUT2D eigenvalue weighted by Gasteiger charge is 2.12. The number of benzene rings is 2. The molecule has 0 spiro atoms. The van der Waals surface area contributed by atoms with Gasteiger partial charge < -0.3 is 19.5 Å². The van der Waals surface area contributed by atoms with Crippen molar-refractivity contribution in [2.45, 2.75) is 6.61 Å². The highest BCUT2D eigenvalue weighted by Crippen LogP contribution is 2.29. The van der Waals surface area contributed by atoms with E-state index >= 15 is 0 Å². The molecule has 27 heavy (non-hydrogen) atoms. The third-order valence-corrected chi connectivity index (χ3v) is 3.92. The normalized spacial score (nSPS) is 10.1. The van der Waals surface area contributed by atoms with Crippen LogP contribution >= 0.6 is 0 Å². The van der Waals surface area contributed by atoms with Gasteiger partial charge in [0, 0.05) is 23.6 Å². The van der Waals surface area contributed by atoms with Crippen LogP contribution in [0.15, 0.2) is 67.0 Å². The lowest BCUT2D eigenvalue weighted by Crippen LogP contribution is -2.12. The second-order valence-electron chi connectivity index (χ2n) is 5.69. The molecular weight excluding hydrogens is 344 g/mol. The average molecular weight is 364 g/mol. The first-order chi connectivity index (χ1) is 13.2. The second-order valence-corrected chi connectivity index (χ2v) is 5.69. The van der Waals surface area contributed by atoms with Crippen LogP contribution in [0.4, 0.5) is 5.69 Å². The molecule has 0 radical (unpaired) electrons. The molecule has 6 heteroatoms. The molecule has 0 aliphatic rings. The topological polar surface area (TPSA) is 69.7 Å². The van der Waals surface area contributed by atoms with Gasteiger partial charge in [0.05, 0.1) is 14.2 Å². The summed E-state index contributed by atoms with van der Waals surface area (Å²) in [5.74, 6) is 1.61. The SMILES string of the molecule is COc1ccc(COc2ccc(C(=O)Nc3ccncc3)cc2OC)cc1. The van der Waals surface area contributed by atoms with Crippen LogP contribution in [-0.4, -0.2) is 25.1 Å². The number of hydrogen-bond acceptors (Lipinski definition) is 5. The Morgan fingerprint density at radius 1 is 0.926 bits per heavy atom. The lowest BCUT2D eigenvalue weighted by molar-refractivity contribution is 0.102. The Balaban J connectivity index is 1.68. The van der Waals surface area contributed by atoms with Crippen molar-refractivity contribution in [3.05, 3.63) is 78.1 Å². The fourth-order valence-electron chi connectivity index (χ4n) is 2.45. The molecule has 0 saturated carbocycles. The third kappa shape index (κ3) is 4.76. The maximum Gasteiger partial charge on any atom is 0.255 e. The monoisotopic (exact) mass is 364 g/mol. The zero-order chi connectivity index (χ0) is 19.1. The predicted molar refractivity (Wildman–Crippen MR) is 103 cm³/mol. The summed E-state index contributed by atoms with van der Waals surface area (Å²) in [6.07, 6.45) is 3.23. The minimum absolute atomic E-state index is 0.235. The van der Waals surface area contributed by atoms with E-state index in [1.807, 2.05) is 24.3 Å². The van der Waals surface area contributed by atoms with Crippen molar-refractivity contribution in [2.24, 2.45) is 0 Å². The number of amides is 1. The number of aromatic nitrogens is 1. The molecule has 6 nitrogen and oxygen atoms in total. The number of anilines is 1. The maximum atomic E-state index is 12.4. The Hall–Kier alpha value is -3.54. The Morgan fingerprint density at radius 2 is 1.67 bits per heavy atom. The van der Waals surface area contributed by atoms with Crippen LogP contribution in [0, 0.1) is 0 Å². The molecule has 138 valence electrons. The standard InChI is InChI=1S/C21H20N2O4/c1-25-18-6-3-15(4-7-18)14-27-19-8-5-16(13-20(19)26-2)21(24)23-17-9-11-22-12-10-17/h3-13H,14H2,1-2H3,(H,22,23,24). The van der Waals surface area contributed by atoms with Crippen LogP contribution in [-0.2, 0) is 6.61 Å².